The van der Waals surface area contributed by atoms with Crippen molar-refractivity contribution < 1.29 is 13.2 Å². The molecule has 0 bridgehead atoms. The van der Waals surface area contributed by atoms with E-state index in [0.29, 0.717) is 16.7 Å². The summed E-state index contributed by atoms with van der Waals surface area (Å²) in [4.78, 5) is 0. The lowest BCUT2D eigenvalue weighted by molar-refractivity contribution is 0.626. The van der Waals surface area contributed by atoms with E-state index in [1.54, 1.807) is 0 Å². The van der Waals surface area contributed by atoms with Crippen LogP contribution in [0.4, 0.5) is 13.2 Å². The summed E-state index contributed by atoms with van der Waals surface area (Å²) in [7, 11) is 0. The first-order chi connectivity index (χ1) is 8.58. The normalized spacial score (nSPS) is 10.2. The largest absolute Gasteiger partial charge is 0.211 e. The quantitative estimate of drug-likeness (QED) is 0.721. The van der Waals surface area contributed by atoms with E-state index in [2.05, 4.69) is 0 Å². The minimum Gasteiger partial charge on any atom is -0.211 e. The molecule has 0 aliphatic rings. The standard InChI is InChI=1S/C15H11F3/c1-10(16)15(11-2-6-13(17)7-3-11)12-4-8-14(18)9-5-12/h2-9H,1H3. The second-order valence-electron chi connectivity index (χ2n) is 3.92. The van der Waals surface area contributed by atoms with E-state index in [1.165, 1.54) is 55.5 Å². The Hall–Kier alpha value is -2.03. The number of allylic oxidation sites excluding steroid dienone is 1. The maximum absolute atomic E-state index is 13.6. The molecule has 2 aromatic rings. The minimum absolute atomic E-state index is 0.343. The molecular weight excluding hydrogens is 237 g/mol. The molecule has 0 spiro atoms. The molecule has 0 saturated carbocycles. The van der Waals surface area contributed by atoms with Gasteiger partial charge in [0.15, 0.2) is 0 Å². The van der Waals surface area contributed by atoms with Crippen LogP contribution in [0.25, 0.3) is 5.57 Å². The van der Waals surface area contributed by atoms with Gasteiger partial charge in [0.25, 0.3) is 0 Å². The van der Waals surface area contributed by atoms with Crippen LogP contribution in [0.5, 0.6) is 0 Å². The van der Waals surface area contributed by atoms with Crippen molar-refractivity contribution in [3.8, 4) is 0 Å². The molecule has 0 nitrogen and oxygen atoms in total. The molecule has 0 atom stereocenters. The molecule has 0 heterocycles. The molecule has 0 aliphatic carbocycles. The smallest absolute Gasteiger partial charge is 0.123 e. The molecular formula is C15H11F3. The number of hydrogen-bond donors (Lipinski definition) is 0. The SMILES string of the molecule is CC(F)=C(c1ccc(F)cc1)c1ccc(F)cc1. The highest BCUT2D eigenvalue weighted by atomic mass is 19.1. The van der Waals surface area contributed by atoms with E-state index in [-0.39, 0.29) is 11.6 Å². The van der Waals surface area contributed by atoms with Crippen molar-refractivity contribution in [1.82, 2.24) is 0 Å². The van der Waals surface area contributed by atoms with Crippen LogP contribution >= 0.6 is 0 Å². The summed E-state index contributed by atoms with van der Waals surface area (Å²) in [6.07, 6.45) is 0. The molecule has 0 radical (unpaired) electrons. The lowest BCUT2D eigenvalue weighted by Gasteiger charge is -2.09. The van der Waals surface area contributed by atoms with Crippen molar-refractivity contribution >= 4 is 5.57 Å². The van der Waals surface area contributed by atoms with Crippen LogP contribution in [0.3, 0.4) is 0 Å². The van der Waals surface area contributed by atoms with Gasteiger partial charge in [-0.3, -0.25) is 0 Å². The van der Waals surface area contributed by atoms with Gasteiger partial charge in [-0.1, -0.05) is 24.3 Å². The summed E-state index contributed by atoms with van der Waals surface area (Å²) in [5.41, 5.74) is 1.46. The van der Waals surface area contributed by atoms with E-state index in [0.717, 1.165) is 0 Å². The lowest BCUT2D eigenvalue weighted by atomic mass is 9.97. The number of hydrogen-bond acceptors (Lipinski definition) is 0. The van der Waals surface area contributed by atoms with E-state index in [9.17, 15) is 13.2 Å². The highest BCUT2D eigenvalue weighted by molar-refractivity contribution is 5.80. The Morgan fingerprint density at radius 1 is 0.722 bits per heavy atom. The monoisotopic (exact) mass is 248 g/mol. The number of halogens is 3. The van der Waals surface area contributed by atoms with Crippen LogP contribution in [0.2, 0.25) is 0 Å². The van der Waals surface area contributed by atoms with Gasteiger partial charge >= 0.3 is 0 Å². The van der Waals surface area contributed by atoms with E-state index in [4.69, 9.17) is 0 Å². The first-order valence-corrected chi connectivity index (χ1v) is 5.46. The average Bonchev–Trinajstić information content (AvgIpc) is 2.34. The molecule has 0 aromatic heterocycles. The van der Waals surface area contributed by atoms with Gasteiger partial charge in [-0.15, -0.1) is 0 Å². The fourth-order valence-electron chi connectivity index (χ4n) is 1.80. The molecule has 2 aromatic carbocycles. The Kier molecular flexibility index (Phi) is 3.51. The summed E-state index contributed by atoms with van der Waals surface area (Å²) in [6.45, 7) is 1.32. The van der Waals surface area contributed by atoms with Gasteiger partial charge < -0.3 is 0 Å². The maximum atomic E-state index is 13.6. The summed E-state index contributed by atoms with van der Waals surface area (Å²) >= 11 is 0. The zero-order valence-electron chi connectivity index (χ0n) is 9.75. The predicted molar refractivity (Wildman–Crippen MR) is 65.6 cm³/mol. The molecule has 0 aliphatic heterocycles. The topological polar surface area (TPSA) is 0 Å². The first-order valence-electron chi connectivity index (χ1n) is 5.46. The van der Waals surface area contributed by atoms with E-state index < -0.39 is 5.83 Å². The van der Waals surface area contributed by atoms with Crippen molar-refractivity contribution in [2.24, 2.45) is 0 Å². The number of benzene rings is 2. The van der Waals surface area contributed by atoms with Crippen LogP contribution in [0, 0.1) is 11.6 Å². The Morgan fingerprint density at radius 2 is 1.06 bits per heavy atom. The van der Waals surface area contributed by atoms with Crippen LogP contribution < -0.4 is 0 Å². The molecule has 92 valence electrons. The van der Waals surface area contributed by atoms with Gasteiger partial charge in [0.2, 0.25) is 0 Å². The lowest BCUT2D eigenvalue weighted by Crippen LogP contribution is -1.91. The molecule has 0 amide bonds. The summed E-state index contributed by atoms with van der Waals surface area (Å²) < 4.78 is 39.3. The van der Waals surface area contributed by atoms with E-state index >= 15 is 0 Å². The second-order valence-corrected chi connectivity index (χ2v) is 3.92. The molecule has 0 unspecified atom stereocenters. The third-order valence-corrected chi connectivity index (χ3v) is 2.61. The Balaban J connectivity index is 2.51. The zero-order valence-corrected chi connectivity index (χ0v) is 9.75. The average molecular weight is 248 g/mol. The molecule has 0 fully saturated rings. The van der Waals surface area contributed by atoms with Crippen molar-refractivity contribution in [2.45, 2.75) is 6.92 Å². The van der Waals surface area contributed by atoms with Crippen molar-refractivity contribution in [3.05, 3.63) is 77.1 Å². The molecule has 18 heavy (non-hydrogen) atoms. The third kappa shape index (κ3) is 2.62. The van der Waals surface area contributed by atoms with E-state index in [1.807, 2.05) is 0 Å². The number of rotatable bonds is 2. The van der Waals surface area contributed by atoms with Gasteiger partial charge in [-0.25, -0.2) is 13.2 Å². The van der Waals surface area contributed by atoms with Crippen LogP contribution in [0.1, 0.15) is 18.1 Å². The fourth-order valence-corrected chi connectivity index (χ4v) is 1.80. The van der Waals surface area contributed by atoms with Gasteiger partial charge in [-0.2, -0.15) is 0 Å². The highest BCUT2D eigenvalue weighted by Crippen LogP contribution is 2.27. The van der Waals surface area contributed by atoms with Crippen LogP contribution in [-0.2, 0) is 0 Å². The third-order valence-electron chi connectivity index (χ3n) is 2.61. The van der Waals surface area contributed by atoms with Crippen molar-refractivity contribution in [3.63, 3.8) is 0 Å². The van der Waals surface area contributed by atoms with Gasteiger partial charge in [0, 0.05) is 5.57 Å². The minimum atomic E-state index is -0.395. The summed E-state index contributed by atoms with van der Waals surface area (Å²) in [5.74, 6) is -1.16. The molecule has 0 N–H and O–H groups in total. The fraction of sp³-hybridized carbons (Fsp3) is 0.0667. The highest BCUT2D eigenvalue weighted by Gasteiger charge is 2.09. The Morgan fingerprint density at radius 3 is 1.33 bits per heavy atom. The summed E-state index contributed by atoms with van der Waals surface area (Å²) in [5, 5.41) is 0. The first kappa shape index (κ1) is 12.4. The Bertz CT molecular complexity index is 514. The summed E-state index contributed by atoms with van der Waals surface area (Å²) in [6, 6.07) is 11.1. The Labute approximate surface area is 103 Å². The van der Waals surface area contributed by atoms with Crippen LogP contribution in [0.15, 0.2) is 54.4 Å². The maximum Gasteiger partial charge on any atom is 0.123 e. The van der Waals surface area contributed by atoms with Crippen molar-refractivity contribution in [2.75, 3.05) is 0 Å². The van der Waals surface area contributed by atoms with Gasteiger partial charge in [-0.05, 0) is 42.3 Å². The van der Waals surface area contributed by atoms with Crippen molar-refractivity contribution in [1.29, 1.82) is 0 Å². The zero-order chi connectivity index (χ0) is 13.1. The second kappa shape index (κ2) is 5.08. The van der Waals surface area contributed by atoms with Gasteiger partial charge in [0.1, 0.15) is 17.5 Å². The van der Waals surface area contributed by atoms with Crippen LogP contribution in [-0.4, -0.2) is 0 Å². The molecule has 0 saturated heterocycles. The van der Waals surface area contributed by atoms with Gasteiger partial charge in [0.05, 0.1) is 0 Å². The molecule has 2 rings (SSSR count). The molecule has 3 heteroatoms. The predicted octanol–water partition coefficient (Wildman–Crippen LogP) is 4.71.